The fourth-order valence-corrected chi connectivity index (χ4v) is 7.30. The highest BCUT2D eigenvalue weighted by atomic mass is 31.2. The number of anilines is 1. The molecule has 0 spiro atoms. The minimum atomic E-state index is -3.66. The average Bonchev–Trinajstić information content (AvgIpc) is 3.58. The van der Waals surface area contributed by atoms with Crippen LogP contribution in [-0.2, 0) is 49.5 Å². The number of carboxylic acid groups (broad SMARTS) is 1. The van der Waals surface area contributed by atoms with E-state index < -0.39 is 110 Å². The lowest BCUT2D eigenvalue weighted by atomic mass is 9.83. The number of nitrogens with zero attached hydrogens (tertiary/aromatic N) is 1. The fourth-order valence-electron chi connectivity index (χ4n) is 6.88. The van der Waals surface area contributed by atoms with Crippen molar-refractivity contribution in [2.75, 3.05) is 18.5 Å². The van der Waals surface area contributed by atoms with Crippen LogP contribution in [0.1, 0.15) is 83.1 Å². The lowest BCUT2D eigenvalue weighted by molar-refractivity contribution is -0.140. The maximum Gasteiger partial charge on any atom is 0.303 e. The molecule has 0 radical (unpaired) electrons. The number of likely N-dealkylation sites (tertiary alicyclic amines) is 1. The van der Waals surface area contributed by atoms with Crippen molar-refractivity contribution in [1.82, 2.24) is 31.3 Å². The van der Waals surface area contributed by atoms with Crippen LogP contribution >= 0.6 is 7.59 Å². The Balaban J connectivity index is 1.70. The molecule has 1 aromatic carbocycles. The van der Waals surface area contributed by atoms with Crippen molar-refractivity contribution < 1.29 is 62.6 Å². The summed E-state index contributed by atoms with van der Waals surface area (Å²) in [7, 11) is -3.66. The normalized spacial score (nSPS) is 18.9. The van der Waals surface area contributed by atoms with Gasteiger partial charge < -0.3 is 52.5 Å². The molecule has 7 amide bonds. The van der Waals surface area contributed by atoms with E-state index in [1.165, 1.54) is 19.1 Å². The van der Waals surface area contributed by atoms with Gasteiger partial charge in [0.25, 0.3) is 7.59 Å². The van der Waals surface area contributed by atoms with Gasteiger partial charge in [0.2, 0.25) is 41.4 Å². The lowest BCUT2D eigenvalue weighted by Gasteiger charge is -2.32. The molecule has 3 rings (SSSR count). The highest BCUT2D eigenvalue weighted by molar-refractivity contribution is 7.56. The largest absolute Gasteiger partial charge is 0.481 e. The van der Waals surface area contributed by atoms with Crippen molar-refractivity contribution >= 4 is 60.6 Å². The Kier molecular flexibility index (Phi) is 19.0. The number of nitrogens with one attached hydrogen (secondary N) is 6. The summed E-state index contributed by atoms with van der Waals surface area (Å²) in [6.07, 6.45) is 1.05. The Morgan fingerprint density at radius 2 is 1.57 bits per heavy atom. The number of aliphatic carboxylic acids is 1. The predicted molar refractivity (Wildman–Crippen MR) is 211 cm³/mol. The van der Waals surface area contributed by atoms with E-state index in [2.05, 4.69) is 31.7 Å². The number of primary amides is 1. The number of nitrogens with two attached hydrogens (primary N) is 3. The van der Waals surface area contributed by atoms with Crippen LogP contribution in [0.2, 0.25) is 0 Å². The second-order valence-electron chi connectivity index (χ2n) is 15.0. The minimum absolute atomic E-state index is 0.0170. The first-order chi connectivity index (χ1) is 28.2. The molecule has 1 aromatic rings. The molecule has 2 fully saturated rings. The summed E-state index contributed by atoms with van der Waals surface area (Å²) < 4.78 is 26.3. The fraction of sp³-hybridized carbons (Fsp3) is 0.611. The smallest absolute Gasteiger partial charge is 0.303 e. The van der Waals surface area contributed by atoms with E-state index in [-0.39, 0.29) is 62.9 Å². The molecule has 15 N–H and O–H groups in total. The highest BCUT2D eigenvalue weighted by Crippen LogP contribution is 2.27. The van der Waals surface area contributed by atoms with Gasteiger partial charge in [0.05, 0.1) is 12.7 Å². The Hall–Kier alpha value is -5.06. The van der Waals surface area contributed by atoms with Gasteiger partial charge in [-0.25, -0.2) is 9.48 Å². The summed E-state index contributed by atoms with van der Waals surface area (Å²) in [5.74, 6) is -8.06. The van der Waals surface area contributed by atoms with Gasteiger partial charge in [-0.2, -0.15) is 0 Å². The van der Waals surface area contributed by atoms with E-state index in [0.717, 1.165) is 17.4 Å². The highest BCUT2D eigenvalue weighted by Gasteiger charge is 2.40. The monoisotopic (exact) mass is 870 g/mol. The summed E-state index contributed by atoms with van der Waals surface area (Å²) in [6, 6.07) is -3.24. The van der Waals surface area contributed by atoms with Crippen LogP contribution < -0.4 is 48.4 Å². The molecule has 6 atom stereocenters. The topological polar surface area (TPSA) is 368 Å². The van der Waals surface area contributed by atoms with Crippen molar-refractivity contribution in [3.05, 3.63) is 29.6 Å². The minimum Gasteiger partial charge on any atom is -0.481 e. The van der Waals surface area contributed by atoms with Crippen molar-refractivity contribution in [1.29, 1.82) is 0 Å². The summed E-state index contributed by atoms with van der Waals surface area (Å²) in [5, 5.41) is 43.8. The second kappa shape index (κ2) is 23.1. The number of β-amino-alcohol motifs (C(OH)–C–C–N with tert-alkyl or cyclic N) is 1. The molecule has 1 unspecified atom stereocenters. The van der Waals surface area contributed by atoms with Crippen LogP contribution in [0.15, 0.2) is 18.2 Å². The number of aliphatic hydroxyl groups is 2. The van der Waals surface area contributed by atoms with E-state index in [4.69, 9.17) is 21.8 Å². The number of hydrogen-bond acceptors (Lipinski definition) is 11. The number of rotatable bonds is 22. The molecule has 22 nitrogen and oxygen atoms in total. The van der Waals surface area contributed by atoms with E-state index >= 15 is 0 Å². The summed E-state index contributed by atoms with van der Waals surface area (Å²) in [6.45, 7) is -0.104. The molecule has 1 aliphatic heterocycles. The molecule has 24 heteroatoms. The average molecular weight is 871 g/mol. The zero-order valence-electron chi connectivity index (χ0n) is 33.2. The second-order valence-corrected chi connectivity index (χ2v) is 16.7. The van der Waals surface area contributed by atoms with Crippen LogP contribution in [0, 0.1) is 11.7 Å². The first-order valence-electron chi connectivity index (χ1n) is 19.5. The number of hydrogen-bond donors (Lipinski definition) is 12. The third-order valence-electron chi connectivity index (χ3n) is 10.1. The molecular formula is C36H56FN10O12P. The number of carbonyl (C=O) groups excluding carboxylic acids is 7. The van der Waals surface area contributed by atoms with E-state index in [9.17, 15) is 57.5 Å². The van der Waals surface area contributed by atoms with Crippen LogP contribution in [0.5, 0.6) is 0 Å². The SMILES string of the molecule is C[C@H](NC(=O)[C@@H]1C[C@@H](O)CN1C(=O)CCCC(=O)O)C(=O)N[C@@H](CO)C(=O)NC(C(=O)N[C@@H](CCC(N)=O)C(=O)Nc1ccc(CNP(N)(N)=O)c(F)c1)C1CCCCC1. The van der Waals surface area contributed by atoms with Gasteiger partial charge in [0.15, 0.2) is 0 Å². The van der Waals surface area contributed by atoms with Gasteiger partial charge in [-0.15, -0.1) is 0 Å². The number of carboxylic acids is 1. The molecule has 0 bridgehead atoms. The number of halogens is 1. The summed E-state index contributed by atoms with van der Waals surface area (Å²) >= 11 is 0. The van der Waals surface area contributed by atoms with Crippen LogP contribution in [0.4, 0.5) is 10.1 Å². The number of aliphatic hydroxyl groups excluding tert-OH is 2. The van der Waals surface area contributed by atoms with Gasteiger partial charge in [-0.3, -0.25) is 53.9 Å². The van der Waals surface area contributed by atoms with Gasteiger partial charge >= 0.3 is 5.97 Å². The summed E-state index contributed by atoms with van der Waals surface area (Å²) in [4.78, 5) is 104. The third-order valence-corrected chi connectivity index (χ3v) is 10.8. The molecule has 1 heterocycles. The van der Waals surface area contributed by atoms with Crippen LogP contribution in [0.25, 0.3) is 0 Å². The number of carbonyl (C=O) groups is 8. The zero-order valence-corrected chi connectivity index (χ0v) is 34.1. The van der Waals surface area contributed by atoms with Crippen molar-refractivity contribution in [3.8, 4) is 0 Å². The van der Waals surface area contributed by atoms with E-state index in [1.807, 2.05) is 0 Å². The first-order valence-corrected chi connectivity index (χ1v) is 21.3. The molecule has 1 aliphatic carbocycles. The Morgan fingerprint density at radius 1 is 0.900 bits per heavy atom. The van der Waals surface area contributed by atoms with Gasteiger partial charge in [0.1, 0.15) is 36.0 Å². The Bertz CT molecular complexity index is 1800. The van der Waals surface area contributed by atoms with Crippen LogP contribution in [-0.4, -0.2) is 117 Å². The van der Waals surface area contributed by atoms with Crippen molar-refractivity contribution in [2.45, 2.75) is 120 Å². The van der Waals surface area contributed by atoms with E-state index in [1.54, 1.807) is 0 Å². The molecule has 334 valence electrons. The van der Waals surface area contributed by atoms with Gasteiger partial charge in [-0.05, 0) is 50.7 Å². The number of benzene rings is 1. The Morgan fingerprint density at radius 3 is 2.17 bits per heavy atom. The predicted octanol–water partition coefficient (Wildman–Crippen LogP) is -2.11. The quantitative estimate of drug-likeness (QED) is 0.0555. The van der Waals surface area contributed by atoms with Crippen molar-refractivity contribution in [2.24, 2.45) is 22.7 Å². The lowest BCUT2D eigenvalue weighted by Crippen LogP contribution is -2.60. The van der Waals surface area contributed by atoms with E-state index in [0.29, 0.717) is 25.7 Å². The Labute approximate surface area is 345 Å². The third kappa shape index (κ3) is 15.8. The van der Waals surface area contributed by atoms with Gasteiger partial charge in [0, 0.05) is 50.0 Å². The van der Waals surface area contributed by atoms with Gasteiger partial charge in [-0.1, -0.05) is 25.3 Å². The molecule has 1 saturated heterocycles. The van der Waals surface area contributed by atoms with Crippen molar-refractivity contribution in [3.63, 3.8) is 0 Å². The maximum absolute atomic E-state index is 14.8. The number of amides is 7. The molecule has 60 heavy (non-hydrogen) atoms. The first kappa shape index (κ1) is 49.3. The summed E-state index contributed by atoms with van der Waals surface area (Å²) in [5.41, 5.74) is 15.8. The van der Waals surface area contributed by atoms with Crippen LogP contribution in [0.3, 0.4) is 0 Å². The maximum atomic E-state index is 14.8. The molecule has 0 aromatic heterocycles. The zero-order chi connectivity index (χ0) is 44.7. The molecular weight excluding hydrogens is 814 g/mol. The molecule has 1 saturated carbocycles. The standard InChI is InChI=1S/C36H56FN10O12P/c1-19(42-35(57)27-15-23(49)17-47(27)29(51)8-5-9-30(52)53)32(54)45-26(18-48)34(56)46-31(20-6-3-2-4-7-20)36(58)44-25(12-13-28(38)50)33(55)43-22-11-10-21(24(37)14-22)16-41-60(39,40)59/h10-11,14,19-20,23,25-27,31,48-49H,2-9,12-13,15-18H2,1H3,(H2,38,50)(H,42,57)(H,43,55)(H,44,58)(H,45,54)(H,46,56)(H,52,53)(H5,39,40,41,59)/t19-,23+,25-,26-,27-,31?/m0/s1. The molecule has 2 aliphatic rings.